The van der Waals surface area contributed by atoms with E-state index in [4.69, 9.17) is 11.6 Å². The molecule has 0 spiro atoms. The number of tetrazole rings is 1. The van der Waals surface area contributed by atoms with Crippen molar-refractivity contribution >= 4 is 23.2 Å². The molecule has 4 rings (SSSR count). The van der Waals surface area contributed by atoms with Crippen LogP contribution < -0.4 is 5.32 Å². The second-order valence-corrected chi connectivity index (χ2v) is 6.38. The van der Waals surface area contributed by atoms with Crippen LogP contribution in [0.25, 0.3) is 5.70 Å². The van der Waals surface area contributed by atoms with Gasteiger partial charge in [0, 0.05) is 10.7 Å². The van der Waals surface area contributed by atoms with Crippen molar-refractivity contribution in [3.8, 4) is 0 Å². The first-order chi connectivity index (χ1) is 11.6. The summed E-state index contributed by atoms with van der Waals surface area (Å²) >= 11 is 6.01. The first-order valence-electron chi connectivity index (χ1n) is 7.71. The Kier molecular flexibility index (Phi) is 3.58. The Morgan fingerprint density at radius 1 is 1.04 bits per heavy atom. The first kappa shape index (κ1) is 14.9. The second kappa shape index (κ2) is 5.76. The van der Waals surface area contributed by atoms with Gasteiger partial charge in [0.15, 0.2) is 0 Å². The van der Waals surface area contributed by atoms with E-state index in [-0.39, 0.29) is 6.04 Å². The van der Waals surface area contributed by atoms with Crippen LogP contribution >= 0.6 is 11.6 Å². The highest BCUT2D eigenvalue weighted by Gasteiger charge is 2.24. The van der Waals surface area contributed by atoms with Crippen LogP contribution in [0.3, 0.4) is 0 Å². The van der Waals surface area contributed by atoms with E-state index in [0.717, 1.165) is 16.8 Å². The summed E-state index contributed by atoms with van der Waals surface area (Å²) in [6, 6.07) is 14.1. The van der Waals surface area contributed by atoms with Gasteiger partial charge in [0.05, 0.1) is 0 Å². The molecule has 1 N–H and O–H groups in total. The summed E-state index contributed by atoms with van der Waals surface area (Å²) in [6.45, 7) is 4.22. The third-order valence-corrected chi connectivity index (χ3v) is 4.61. The van der Waals surface area contributed by atoms with E-state index < -0.39 is 0 Å². The number of hydrogen-bond acceptors (Lipinski definition) is 4. The fourth-order valence-corrected chi connectivity index (χ4v) is 2.95. The van der Waals surface area contributed by atoms with Crippen LogP contribution in [0, 0.1) is 13.8 Å². The zero-order valence-corrected chi connectivity index (χ0v) is 14.1. The van der Waals surface area contributed by atoms with Gasteiger partial charge in [0.2, 0.25) is 5.95 Å². The topological polar surface area (TPSA) is 55.6 Å². The minimum absolute atomic E-state index is 0.0786. The molecule has 1 aliphatic heterocycles. The molecular formula is C18H16ClN5. The highest BCUT2D eigenvalue weighted by Crippen LogP contribution is 2.32. The summed E-state index contributed by atoms with van der Waals surface area (Å²) < 4.78 is 1.77. The van der Waals surface area contributed by atoms with Gasteiger partial charge in [-0.2, -0.15) is 4.68 Å². The fourth-order valence-electron chi connectivity index (χ4n) is 2.83. The van der Waals surface area contributed by atoms with E-state index in [2.05, 4.69) is 59.0 Å². The van der Waals surface area contributed by atoms with E-state index in [1.54, 1.807) is 4.68 Å². The Bertz CT molecular complexity index is 927. The molecule has 0 saturated carbocycles. The predicted molar refractivity (Wildman–Crippen MR) is 94.9 cm³/mol. The molecule has 6 heteroatoms. The summed E-state index contributed by atoms with van der Waals surface area (Å²) in [5.74, 6) is 0.630. The molecule has 0 unspecified atom stereocenters. The molecule has 2 heterocycles. The number of nitrogens with one attached hydrogen (secondary N) is 1. The van der Waals surface area contributed by atoms with Gasteiger partial charge in [0.1, 0.15) is 6.04 Å². The highest BCUT2D eigenvalue weighted by atomic mass is 35.5. The van der Waals surface area contributed by atoms with Crippen molar-refractivity contribution in [1.82, 2.24) is 20.2 Å². The molecule has 0 bridgehead atoms. The Morgan fingerprint density at radius 3 is 2.58 bits per heavy atom. The van der Waals surface area contributed by atoms with Gasteiger partial charge in [-0.25, -0.2) is 0 Å². The van der Waals surface area contributed by atoms with Crippen LogP contribution in [0.2, 0.25) is 5.02 Å². The zero-order valence-electron chi connectivity index (χ0n) is 13.4. The minimum Gasteiger partial charge on any atom is -0.323 e. The van der Waals surface area contributed by atoms with Crippen molar-refractivity contribution in [2.24, 2.45) is 0 Å². The van der Waals surface area contributed by atoms with Crippen LogP contribution in [-0.2, 0) is 0 Å². The Morgan fingerprint density at radius 2 is 1.83 bits per heavy atom. The third kappa shape index (κ3) is 2.57. The number of anilines is 1. The average molecular weight is 338 g/mol. The van der Waals surface area contributed by atoms with Gasteiger partial charge in [0.25, 0.3) is 0 Å². The van der Waals surface area contributed by atoms with Crippen LogP contribution in [0.5, 0.6) is 0 Å². The third-order valence-electron chi connectivity index (χ3n) is 4.36. The molecule has 0 saturated heterocycles. The SMILES string of the molecule is Cc1ccc(C2=C[C@@H](c3ccc(Cl)cc3)n3nnnc3N2)cc1C. The largest absolute Gasteiger partial charge is 0.323 e. The van der Waals surface area contributed by atoms with Crippen molar-refractivity contribution in [3.05, 3.63) is 75.8 Å². The first-order valence-corrected chi connectivity index (χ1v) is 8.09. The monoisotopic (exact) mass is 337 g/mol. The molecule has 0 radical (unpaired) electrons. The number of allylic oxidation sites excluding steroid dienone is 1. The van der Waals surface area contributed by atoms with E-state index in [1.807, 2.05) is 24.3 Å². The maximum atomic E-state index is 6.01. The Labute approximate surface area is 145 Å². The molecule has 0 amide bonds. The number of rotatable bonds is 2. The number of fused-ring (bicyclic) bond motifs is 1. The molecule has 5 nitrogen and oxygen atoms in total. The lowest BCUT2D eigenvalue weighted by molar-refractivity contribution is 0.586. The summed E-state index contributed by atoms with van der Waals surface area (Å²) in [6.07, 6.45) is 2.14. The molecule has 0 aliphatic carbocycles. The van der Waals surface area contributed by atoms with Crippen molar-refractivity contribution < 1.29 is 0 Å². The molecule has 1 aliphatic rings. The van der Waals surface area contributed by atoms with Gasteiger partial charge in [-0.3, -0.25) is 0 Å². The van der Waals surface area contributed by atoms with E-state index in [1.165, 1.54) is 11.1 Å². The standard InChI is InChI=1S/C18H16ClN5/c1-11-3-4-14(9-12(11)2)16-10-17(13-5-7-15(19)8-6-13)24-18(20-16)21-22-23-24/h3-10,17H,1-2H3,(H,20,21,23)/t17-/m0/s1. The predicted octanol–water partition coefficient (Wildman–Crippen LogP) is 4.00. The molecule has 1 aromatic heterocycles. The van der Waals surface area contributed by atoms with E-state index in [9.17, 15) is 0 Å². The molecule has 0 fully saturated rings. The van der Waals surface area contributed by atoms with Crippen LogP contribution in [0.15, 0.2) is 48.5 Å². The van der Waals surface area contributed by atoms with E-state index >= 15 is 0 Å². The number of benzene rings is 2. The van der Waals surface area contributed by atoms with Gasteiger partial charge >= 0.3 is 0 Å². The normalized spacial score (nSPS) is 16.3. The van der Waals surface area contributed by atoms with Gasteiger partial charge in [-0.15, -0.1) is 0 Å². The van der Waals surface area contributed by atoms with Gasteiger partial charge in [-0.05, 0) is 70.8 Å². The molecular weight excluding hydrogens is 322 g/mol. The molecule has 120 valence electrons. The highest BCUT2D eigenvalue weighted by molar-refractivity contribution is 6.30. The van der Waals surface area contributed by atoms with Crippen molar-refractivity contribution in [3.63, 3.8) is 0 Å². The maximum absolute atomic E-state index is 6.01. The summed E-state index contributed by atoms with van der Waals surface area (Å²) in [4.78, 5) is 0. The molecule has 2 aromatic carbocycles. The smallest absolute Gasteiger partial charge is 0.248 e. The van der Waals surface area contributed by atoms with Crippen LogP contribution in [-0.4, -0.2) is 20.2 Å². The fraction of sp³-hybridized carbons (Fsp3) is 0.167. The maximum Gasteiger partial charge on any atom is 0.248 e. The van der Waals surface area contributed by atoms with Gasteiger partial charge in [-0.1, -0.05) is 41.0 Å². The zero-order chi connectivity index (χ0) is 16.7. The lowest BCUT2D eigenvalue weighted by Gasteiger charge is -2.23. The summed E-state index contributed by atoms with van der Waals surface area (Å²) in [5.41, 5.74) is 5.72. The number of halogens is 1. The van der Waals surface area contributed by atoms with Crippen LogP contribution in [0.4, 0.5) is 5.95 Å². The van der Waals surface area contributed by atoms with E-state index in [0.29, 0.717) is 11.0 Å². The summed E-state index contributed by atoms with van der Waals surface area (Å²) in [7, 11) is 0. The Balaban J connectivity index is 1.81. The van der Waals surface area contributed by atoms with Gasteiger partial charge < -0.3 is 5.32 Å². The van der Waals surface area contributed by atoms with Crippen molar-refractivity contribution in [2.45, 2.75) is 19.9 Å². The van der Waals surface area contributed by atoms with Crippen molar-refractivity contribution in [2.75, 3.05) is 5.32 Å². The lowest BCUT2D eigenvalue weighted by atomic mass is 9.99. The quantitative estimate of drug-likeness (QED) is 0.768. The van der Waals surface area contributed by atoms with Crippen molar-refractivity contribution in [1.29, 1.82) is 0 Å². The average Bonchev–Trinajstić information content (AvgIpc) is 3.06. The number of aromatic nitrogens is 4. The lowest BCUT2D eigenvalue weighted by Crippen LogP contribution is -2.20. The minimum atomic E-state index is -0.0786. The number of aryl methyl sites for hydroxylation is 2. The molecule has 1 atom stereocenters. The number of hydrogen-bond donors (Lipinski definition) is 1. The molecule has 3 aromatic rings. The second-order valence-electron chi connectivity index (χ2n) is 5.95. The van der Waals surface area contributed by atoms with Crippen LogP contribution in [0.1, 0.15) is 28.3 Å². The summed E-state index contributed by atoms with van der Waals surface area (Å²) in [5, 5.41) is 16.0. The number of nitrogens with zero attached hydrogens (tertiary/aromatic N) is 4. The molecule has 24 heavy (non-hydrogen) atoms. The Hall–Kier alpha value is -2.66.